The average molecular weight is 706 g/mol. The number of hydrogen-bond acceptors (Lipinski definition) is 8. The fraction of sp³-hybridized carbons (Fsp3) is 0.474. The Morgan fingerprint density at radius 2 is 1.74 bits per heavy atom. The number of carbonyl (C=O) groups excluding carboxylic acids is 4. The highest BCUT2D eigenvalue weighted by Crippen LogP contribution is 2.53. The van der Waals surface area contributed by atoms with E-state index in [1.807, 2.05) is 30.3 Å². The van der Waals surface area contributed by atoms with Crippen molar-refractivity contribution >= 4 is 41.0 Å². The van der Waals surface area contributed by atoms with E-state index >= 15 is 0 Å². The molecule has 0 aliphatic carbocycles. The van der Waals surface area contributed by atoms with Crippen LogP contribution in [-0.4, -0.2) is 90.9 Å². The zero-order chi connectivity index (χ0) is 35.3. The van der Waals surface area contributed by atoms with Gasteiger partial charge in [-0.15, -0.1) is 0 Å². The summed E-state index contributed by atoms with van der Waals surface area (Å²) in [5, 5.41) is 12.6. The van der Waals surface area contributed by atoms with Crippen molar-refractivity contribution in [1.82, 2.24) is 10.2 Å². The Kier molecular flexibility index (Phi) is 11.4. The van der Waals surface area contributed by atoms with E-state index in [2.05, 4.69) is 5.32 Å². The van der Waals surface area contributed by atoms with Gasteiger partial charge in [0.1, 0.15) is 23.7 Å². The van der Waals surface area contributed by atoms with Gasteiger partial charge in [0.15, 0.2) is 0 Å². The smallest absolute Gasteiger partial charge is 0.313 e. The lowest BCUT2D eigenvalue weighted by atomic mass is 9.77. The summed E-state index contributed by atoms with van der Waals surface area (Å²) in [5.41, 5.74) is -0.312. The summed E-state index contributed by atoms with van der Waals surface area (Å²) in [6, 6.07) is 14.4. The minimum absolute atomic E-state index is 0.0760. The summed E-state index contributed by atoms with van der Waals surface area (Å²) in [6.45, 7) is 0.613. The highest BCUT2D eigenvalue weighted by Gasteiger charge is 2.71. The number of hydrogen-bond donors (Lipinski definition) is 2. The van der Waals surface area contributed by atoms with E-state index in [1.165, 1.54) is 7.11 Å². The minimum atomic E-state index is -1.48. The molecule has 0 aromatic heterocycles. The van der Waals surface area contributed by atoms with Crippen LogP contribution in [0.1, 0.15) is 50.2 Å². The molecule has 0 radical (unpaired) electrons. The number of nitrogens with zero attached hydrogens (tertiary/aromatic N) is 2. The van der Waals surface area contributed by atoms with Crippen molar-refractivity contribution in [3.05, 3.63) is 89.5 Å². The molecule has 11 nitrogen and oxygen atoms in total. The summed E-state index contributed by atoms with van der Waals surface area (Å²) < 4.78 is 18.6. The van der Waals surface area contributed by atoms with Crippen LogP contribution in [0.5, 0.6) is 0 Å². The van der Waals surface area contributed by atoms with E-state index in [1.54, 1.807) is 58.4 Å². The molecule has 2 aromatic carbocycles. The van der Waals surface area contributed by atoms with Gasteiger partial charge < -0.3 is 34.4 Å². The molecule has 2 N–H and O–H groups in total. The molecule has 4 heterocycles. The standard InChI is InChI=1S/C38H44ClN3O8/c1-48-24-27-33(25-14-5-4-6-15-25)49-37(47)31-29(18-9-10-19-30(44)40-27)50-38-20-13-22-41(28-17-8-7-16-26(28)39)36(46)34(38)42(35(45)32(31)38)21-11-2-3-12-23-43/h4-9,13-18,20,27,29,31-34,43H,2-3,10-12,19,21-24H2,1H3,(H,40,44)/b18-9-/t27-,29-,31+,32+,33-,34-,38+/m1/s1. The number of carbonyl (C=O) groups is 4. The van der Waals surface area contributed by atoms with Gasteiger partial charge in [-0.3, -0.25) is 19.2 Å². The highest BCUT2D eigenvalue weighted by molar-refractivity contribution is 6.34. The molecular weight excluding hydrogens is 662 g/mol. The lowest BCUT2D eigenvalue weighted by Crippen LogP contribution is -2.55. The van der Waals surface area contributed by atoms with Gasteiger partial charge >= 0.3 is 5.97 Å². The Labute approximate surface area is 297 Å². The molecule has 6 rings (SSSR count). The van der Waals surface area contributed by atoms with Gasteiger partial charge in [0.05, 0.1) is 35.4 Å². The van der Waals surface area contributed by atoms with Gasteiger partial charge in [-0.25, -0.2) is 0 Å². The Morgan fingerprint density at radius 3 is 2.50 bits per heavy atom. The number of anilines is 1. The van der Waals surface area contributed by atoms with E-state index in [-0.39, 0.29) is 50.4 Å². The summed E-state index contributed by atoms with van der Waals surface area (Å²) in [5.74, 6) is -3.77. The molecule has 0 unspecified atom stereocenters. The van der Waals surface area contributed by atoms with Crippen molar-refractivity contribution in [3.63, 3.8) is 0 Å². The number of amides is 3. The van der Waals surface area contributed by atoms with Crippen molar-refractivity contribution in [2.75, 3.05) is 38.3 Å². The molecule has 3 amide bonds. The van der Waals surface area contributed by atoms with Crippen molar-refractivity contribution in [2.24, 2.45) is 11.8 Å². The minimum Gasteiger partial charge on any atom is -0.455 e. The molecule has 4 aliphatic heterocycles. The molecule has 2 saturated heterocycles. The molecule has 7 atom stereocenters. The molecule has 266 valence electrons. The number of halogens is 1. The van der Waals surface area contributed by atoms with Crippen LogP contribution in [0, 0.1) is 11.8 Å². The van der Waals surface area contributed by atoms with Gasteiger partial charge in [0, 0.05) is 33.2 Å². The Morgan fingerprint density at radius 1 is 0.980 bits per heavy atom. The predicted molar refractivity (Wildman–Crippen MR) is 186 cm³/mol. The van der Waals surface area contributed by atoms with E-state index in [0.29, 0.717) is 35.5 Å². The summed E-state index contributed by atoms with van der Waals surface area (Å²) in [4.78, 5) is 60.2. The van der Waals surface area contributed by atoms with E-state index in [0.717, 1.165) is 12.8 Å². The highest BCUT2D eigenvalue weighted by atomic mass is 35.5. The third-order valence-corrected chi connectivity index (χ3v) is 10.3. The number of esters is 1. The average Bonchev–Trinajstić information content (AvgIpc) is 3.49. The number of aliphatic hydroxyl groups excluding tert-OH is 1. The van der Waals surface area contributed by atoms with Crippen molar-refractivity contribution in [2.45, 2.75) is 68.4 Å². The lowest BCUT2D eigenvalue weighted by molar-refractivity contribution is -0.162. The van der Waals surface area contributed by atoms with Gasteiger partial charge in [-0.05, 0) is 37.0 Å². The molecule has 2 fully saturated rings. The fourth-order valence-electron chi connectivity index (χ4n) is 7.76. The van der Waals surface area contributed by atoms with E-state index in [4.69, 9.17) is 25.8 Å². The first-order valence-electron chi connectivity index (χ1n) is 17.3. The van der Waals surface area contributed by atoms with Crippen LogP contribution >= 0.6 is 11.6 Å². The van der Waals surface area contributed by atoms with Gasteiger partial charge in [-0.1, -0.05) is 91.2 Å². The molecule has 12 heteroatoms. The number of para-hydroxylation sites is 1. The van der Waals surface area contributed by atoms with Crippen LogP contribution in [0.2, 0.25) is 5.02 Å². The molecule has 1 spiro atoms. The number of likely N-dealkylation sites (tertiary alicyclic amines) is 1. The number of cyclic esters (lactones) is 1. The van der Waals surface area contributed by atoms with E-state index in [9.17, 15) is 24.3 Å². The number of ether oxygens (including phenoxy) is 3. The van der Waals surface area contributed by atoms with E-state index < -0.39 is 47.7 Å². The second-order valence-electron chi connectivity index (χ2n) is 13.2. The number of unbranched alkanes of at least 4 members (excludes halogenated alkanes) is 3. The Hall–Kier alpha value is -4.03. The number of rotatable bonds is 10. The Bertz CT molecular complexity index is 1620. The third-order valence-electron chi connectivity index (χ3n) is 10.0. The number of aliphatic hydroxyl groups is 1. The Balaban J connectivity index is 1.42. The van der Waals surface area contributed by atoms with Crippen molar-refractivity contribution in [3.8, 4) is 0 Å². The molecule has 0 saturated carbocycles. The number of benzene rings is 2. The summed E-state index contributed by atoms with van der Waals surface area (Å²) in [6.07, 6.45) is 8.55. The molecular formula is C38H44ClN3O8. The fourth-order valence-corrected chi connectivity index (χ4v) is 8.00. The largest absolute Gasteiger partial charge is 0.455 e. The number of fused-ring (bicyclic) bond motifs is 2. The maximum absolute atomic E-state index is 14.7. The topological polar surface area (TPSA) is 135 Å². The quantitative estimate of drug-likeness (QED) is 0.214. The molecule has 0 bridgehead atoms. The molecule has 4 aliphatic rings. The van der Waals surface area contributed by atoms with Gasteiger partial charge in [0.2, 0.25) is 11.8 Å². The monoisotopic (exact) mass is 705 g/mol. The zero-order valence-electron chi connectivity index (χ0n) is 28.1. The molecule has 50 heavy (non-hydrogen) atoms. The van der Waals surface area contributed by atoms with Crippen LogP contribution in [0.3, 0.4) is 0 Å². The molecule has 2 aromatic rings. The van der Waals surface area contributed by atoms with Crippen LogP contribution in [0.25, 0.3) is 0 Å². The first-order chi connectivity index (χ1) is 24.3. The lowest BCUT2D eigenvalue weighted by Gasteiger charge is -2.35. The second-order valence-corrected chi connectivity index (χ2v) is 13.6. The van der Waals surface area contributed by atoms with Gasteiger partial charge in [-0.2, -0.15) is 0 Å². The summed E-state index contributed by atoms with van der Waals surface area (Å²) in [7, 11) is 1.51. The van der Waals surface area contributed by atoms with Crippen molar-refractivity contribution < 1.29 is 38.5 Å². The number of allylic oxidation sites excluding steroid dienone is 1. The van der Waals surface area contributed by atoms with Crippen LogP contribution in [0.15, 0.2) is 78.9 Å². The third kappa shape index (κ3) is 6.96. The number of nitrogens with one attached hydrogen (secondary N) is 1. The van der Waals surface area contributed by atoms with Gasteiger partial charge in [0.25, 0.3) is 5.91 Å². The van der Waals surface area contributed by atoms with Crippen LogP contribution < -0.4 is 10.2 Å². The summed E-state index contributed by atoms with van der Waals surface area (Å²) >= 11 is 6.59. The maximum Gasteiger partial charge on any atom is 0.313 e. The normalized spacial score (nSPS) is 30.4. The first kappa shape index (κ1) is 35.8. The van der Waals surface area contributed by atoms with Crippen LogP contribution in [0.4, 0.5) is 5.69 Å². The van der Waals surface area contributed by atoms with Crippen molar-refractivity contribution in [1.29, 1.82) is 0 Å². The van der Waals surface area contributed by atoms with Crippen LogP contribution in [-0.2, 0) is 33.4 Å². The number of methoxy groups -OCH3 is 1. The maximum atomic E-state index is 14.7. The zero-order valence-corrected chi connectivity index (χ0v) is 28.9. The second kappa shape index (κ2) is 15.9. The SMILES string of the molecule is COC[C@H]1NC(=O)CC/C=C\[C@H]2O[C@]34C=CCN(c5ccccc5Cl)C(=O)[C@H]3N(CCCCCCO)C(=O)[C@@H]4[C@H]2C(=O)O[C@@H]1c1ccccc1. The predicted octanol–water partition coefficient (Wildman–Crippen LogP) is 4.14. The first-order valence-corrected chi connectivity index (χ1v) is 17.7.